The maximum atomic E-state index is 12.3. The van der Waals surface area contributed by atoms with Crippen LogP contribution in [0.25, 0.3) is 0 Å². The van der Waals surface area contributed by atoms with Crippen LogP contribution in [0.15, 0.2) is 36.4 Å². The quantitative estimate of drug-likeness (QED) is 0.668. The third kappa shape index (κ3) is 5.27. The van der Waals surface area contributed by atoms with E-state index < -0.39 is 5.97 Å². The number of nitrogens with one attached hydrogen (secondary N) is 2. The first-order chi connectivity index (χ1) is 13.0. The molecule has 2 N–H and O–H groups in total. The highest BCUT2D eigenvalue weighted by Crippen LogP contribution is 2.35. The van der Waals surface area contributed by atoms with Crippen molar-refractivity contribution in [2.45, 2.75) is 6.92 Å². The Bertz CT molecular complexity index is 826. The summed E-state index contributed by atoms with van der Waals surface area (Å²) in [6.07, 6.45) is 0. The van der Waals surface area contributed by atoms with Gasteiger partial charge < -0.3 is 24.8 Å². The minimum absolute atomic E-state index is 0.0572. The molecule has 2 aromatic rings. The van der Waals surface area contributed by atoms with Crippen molar-refractivity contribution in [2.75, 3.05) is 38.0 Å². The predicted octanol–water partition coefficient (Wildman–Crippen LogP) is 3.58. The molecule has 7 nitrogen and oxygen atoms in total. The number of para-hydroxylation sites is 1. The number of hydrogen-bond acceptors (Lipinski definition) is 6. The molecule has 144 valence electrons. The Kier molecular flexibility index (Phi) is 7.31. The third-order valence-electron chi connectivity index (χ3n) is 3.61. The summed E-state index contributed by atoms with van der Waals surface area (Å²) in [6, 6.07) is 9.88. The largest absolute Gasteiger partial charge is 0.495 e. The molecule has 0 aromatic heterocycles. The zero-order valence-electron chi connectivity index (χ0n) is 15.3. The highest BCUT2D eigenvalue weighted by molar-refractivity contribution is 6.32. The lowest BCUT2D eigenvalue weighted by molar-refractivity contribution is -0.114. The molecule has 0 saturated heterocycles. The number of hydrogen-bond donors (Lipinski definition) is 2. The minimum atomic E-state index is -0.495. The summed E-state index contributed by atoms with van der Waals surface area (Å²) in [6.45, 7) is 1.91. The van der Waals surface area contributed by atoms with E-state index in [0.29, 0.717) is 33.5 Å². The Morgan fingerprint density at radius 2 is 1.74 bits per heavy atom. The highest BCUT2D eigenvalue weighted by atomic mass is 35.5. The fourth-order valence-electron chi connectivity index (χ4n) is 2.35. The summed E-state index contributed by atoms with van der Waals surface area (Å²) in [4.78, 5) is 24.3. The number of carbonyl (C=O) groups excluding carboxylic acids is 2. The van der Waals surface area contributed by atoms with Crippen molar-refractivity contribution in [3.8, 4) is 11.5 Å². The van der Waals surface area contributed by atoms with Crippen molar-refractivity contribution in [2.24, 2.45) is 0 Å². The maximum absolute atomic E-state index is 12.3. The monoisotopic (exact) mass is 392 g/mol. The van der Waals surface area contributed by atoms with E-state index in [1.165, 1.54) is 14.2 Å². The molecule has 0 aliphatic heterocycles. The summed E-state index contributed by atoms with van der Waals surface area (Å²) >= 11 is 6.07. The summed E-state index contributed by atoms with van der Waals surface area (Å²) in [5.74, 6) is 0.0849. The Labute approximate surface area is 162 Å². The van der Waals surface area contributed by atoms with Crippen molar-refractivity contribution in [1.82, 2.24) is 0 Å². The van der Waals surface area contributed by atoms with E-state index in [4.69, 9.17) is 25.8 Å². The number of benzene rings is 2. The number of esters is 1. The molecular weight excluding hydrogens is 372 g/mol. The Morgan fingerprint density at radius 3 is 2.41 bits per heavy atom. The van der Waals surface area contributed by atoms with Crippen molar-refractivity contribution in [1.29, 1.82) is 0 Å². The van der Waals surface area contributed by atoms with E-state index in [2.05, 4.69) is 10.6 Å². The molecule has 1 amide bonds. The van der Waals surface area contributed by atoms with Crippen LogP contribution in [0.5, 0.6) is 11.5 Å². The number of ether oxygens (including phenoxy) is 3. The fraction of sp³-hybridized carbons (Fsp3) is 0.263. The predicted molar refractivity (Wildman–Crippen MR) is 104 cm³/mol. The van der Waals surface area contributed by atoms with Gasteiger partial charge in [0.2, 0.25) is 5.91 Å². The van der Waals surface area contributed by atoms with Gasteiger partial charge in [0.25, 0.3) is 0 Å². The van der Waals surface area contributed by atoms with E-state index in [1.807, 2.05) is 0 Å². The second-order valence-corrected chi connectivity index (χ2v) is 5.76. The first kappa shape index (κ1) is 20.4. The molecular formula is C19H21ClN2O5. The second kappa shape index (κ2) is 9.68. The molecule has 0 fully saturated rings. The van der Waals surface area contributed by atoms with Crippen LogP contribution in [0.2, 0.25) is 5.02 Å². The van der Waals surface area contributed by atoms with Gasteiger partial charge in [0.1, 0.15) is 11.5 Å². The van der Waals surface area contributed by atoms with Gasteiger partial charge in [0.05, 0.1) is 49.3 Å². The molecule has 0 bridgehead atoms. The molecule has 0 heterocycles. The lowest BCUT2D eigenvalue weighted by Gasteiger charge is -2.14. The third-order valence-corrected chi connectivity index (χ3v) is 3.91. The fourth-order valence-corrected chi connectivity index (χ4v) is 2.58. The number of halogens is 1. The first-order valence-electron chi connectivity index (χ1n) is 8.21. The van der Waals surface area contributed by atoms with Crippen LogP contribution < -0.4 is 20.1 Å². The standard InChI is InChI=1S/C19H21ClN2O5/c1-4-27-19(24)12-7-5-6-8-14(12)22-18(23)11-21-15-10-16(25-2)13(20)9-17(15)26-3/h5-10,21H,4,11H2,1-3H3,(H,22,23). The molecule has 2 rings (SSSR count). The average Bonchev–Trinajstić information content (AvgIpc) is 2.67. The van der Waals surface area contributed by atoms with E-state index in [0.717, 1.165) is 0 Å². The number of amides is 1. The highest BCUT2D eigenvalue weighted by Gasteiger charge is 2.15. The van der Waals surface area contributed by atoms with Crippen LogP contribution >= 0.6 is 11.6 Å². The van der Waals surface area contributed by atoms with E-state index in [9.17, 15) is 9.59 Å². The summed E-state index contributed by atoms with van der Waals surface area (Å²) < 4.78 is 15.4. The Morgan fingerprint density at radius 1 is 1.04 bits per heavy atom. The molecule has 2 aromatic carbocycles. The van der Waals surface area contributed by atoms with Crippen LogP contribution in [0.3, 0.4) is 0 Å². The van der Waals surface area contributed by atoms with Gasteiger partial charge in [-0.1, -0.05) is 23.7 Å². The van der Waals surface area contributed by atoms with Crippen LogP contribution in [-0.4, -0.2) is 39.2 Å². The maximum Gasteiger partial charge on any atom is 0.340 e. The van der Waals surface area contributed by atoms with Gasteiger partial charge >= 0.3 is 5.97 Å². The SMILES string of the molecule is CCOC(=O)c1ccccc1NC(=O)CNc1cc(OC)c(Cl)cc1OC. The zero-order valence-corrected chi connectivity index (χ0v) is 16.1. The molecule has 0 aliphatic carbocycles. The Balaban J connectivity index is 2.09. The second-order valence-electron chi connectivity index (χ2n) is 5.35. The van der Waals surface area contributed by atoms with Crippen molar-refractivity contribution in [3.63, 3.8) is 0 Å². The minimum Gasteiger partial charge on any atom is -0.495 e. The van der Waals surface area contributed by atoms with Gasteiger partial charge in [-0.25, -0.2) is 4.79 Å². The lowest BCUT2D eigenvalue weighted by Crippen LogP contribution is -2.23. The van der Waals surface area contributed by atoms with Crippen molar-refractivity contribution < 1.29 is 23.8 Å². The molecule has 8 heteroatoms. The molecule has 0 unspecified atom stereocenters. The van der Waals surface area contributed by atoms with Gasteiger partial charge in [0.15, 0.2) is 0 Å². The number of anilines is 2. The van der Waals surface area contributed by atoms with Crippen LogP contribution in [0.1, 0.15) is 17.3 Å². The molecule has 0 aliphatic rings. The molecule has 0 saturated carbocycles. The molecule has 0 atom stereocenters. The van der Waals surface area contributed by atoms with Crippen LogP contribution in [0.4, 0.5) is 11.4 Å². The molecule has 0 radical (unpaired) electrons. The van der Waals surface area contributed by atoms with Crippen LogP contribution in [0, 0.1) is 0 Å². The van der Waals surface area contributed by atoms with Crippen molar-refractivity contribution >= 4 is 34.9 Å². The lowest BCUT2D eigenvalue weighted by atomic mass is 10.2. The van der Waals surface area contributed by atoms with Crippen LogP contribution in [-0.2, 0) is 9.53 Å². The van der Waals surface area contributed by atoms with Gasteiger partial charge in [0, 0.05) is 12.1 Å². The average molecular weight is 393 g/mol. The topological polar surface area (TPSA) is 85.9 Å². The van der Waals surface area contributed by atoms with E-state index in [-0.39, 0.29) is 19.1 Å². The zero-order chi connectivity index (χ0) is 19.8. The summed E-state index contributed by atoms with van der Waals surface area (Å²) in [7, 11) is 3.00. The van der Waals surface area contributed by atoms with E-state index >= 15 is 0 Å². The number of rotatable bonds is 8. The van der Waals surface area contributed by atoms with Gasteiger partial charge in [-0.15, -0.1) is 0 Å². The number of carbonyl (C=O) groups is 2. The first-order valence-corrected chi connectivity index (χ1v) is 8.59. The van der Waals surface area contributed by atoms with Gasteiger partial charge in [-0.3, -0.25) is 4.79 Å². The summed E-state index contributed by atoms with van der Waals surface area (Å²) in [5, 5.41) is 6.06. The smallest absolute Gasteiger partial charge is 0.340 e. The molecule has 0 spiro atoms. The Hall–Kier alpha value is -2.93. The van der Waals surface area contributed by atoms with Gasteiger partial charge in [-0.2, -0.15) is 0 Å². The van der Waals surface area contributed by atoms with E-state index in [1.54, 1.807) is 43.3 Å². The number of methoxy groups -OCH3 is 2. The van der Waals surface area contributed by atoms with Gasteiger partial charge in [-0.05, 0) is 19.1 Å². The molecule has 27 heavy (non-hydrogen) atoms. The van der Waals surface area contributed by atoms with Crippen molar-refractivity contribution in [3.05, 3.63) is 47.0 Å². The normalized spacial score (nSPS) is 10.1. The summed E-state index contributed by atoms with van der Waals surface area (Å²) in [5.41, 5.74) is 1.22.